The molecule has 0 aliphatic rings. The molecular formula is C15H28N2O. The Hall–Kier alpha value is -0.990. The Morgan fingerprint density at radius 2 is 1.56 bits per heavy atom. The first-order valence-corrected chi connectivity index (χ1v) is 7.55. The molecule has 1 aromatic rings. The maximum absolute atomic E-state index is 12.3. The van der Waals surface area contributed by atoms with Gasteiger partial charge < -0.3 is 0 Å². The lowest BCUT2D eigenvalue weighted by molar-refractivity contribution is 0.549. The Morgan fingerprint density at radius 1 is 0.944 bits per heavy atom. The second kappa shape index (κ2) is 8.17. The molecule has 3 nitrogen and oxygen atoms in total. The third kappa shape index (κ3) is 4.04. The van der Waals surface area contributed by atoms with Gasteiger partial charge in [0, 0.05) is 17.8 Å². The number of nitrogens with one attached hydrogen (secondary N) is 1. The van der Waals surface area contributed by atoms with E-state index in [4.69, 9.17) is 0 Å². The van der Waals surface area contributed by atoms with Crippen molar-refractivity contribution >= 4 is 0 Å². The standard InChI is InChI=1S/C15H28N2O/c1-4-7-10-13-14(11-8-5-2)16-17(15(13)18)12-9-6-3/h16H,4-12H2,1-3H3. The van der Waals surface area contributed by atoms with Crippen molar-refractivity contribution in [3.63, 3.8) is 0 Å². The second-order valence-electron chi connectivity index (χ2n) is 5.09. The number of aromatic amines is 1. The van der Waals surface area contributed by atoms with Crippen LogP contribution in [-0.2, 0) is 19.4 Å². The molecule has 1 N–H and O–H groups in total. The van der Waals surface area contributed by atoms with Crippen LogP contribution in [0.3, 0.4) is 0 Å². The van der Waals surface area contributed by atoms with Gasteiger partial charge in [-0.05, 0) is 32.1 Å². The molecule has 1 rings (SSSR count). The molecule has 0 radical (unpaired) electrons. The van der Waals surface area contributed by atoms with E-state index in [1.54, 1.807) is 0 Å². The summed E-state index contributed by atoms with van der Waals surface area (Å²) >= 11 is 0. The molecule has 0 spiro atoms. The Kier molecular flexibility index (Phi) is 6.84. The SMILES string of the molecule is CCCCc1[nH]n(CCCC)c(=O)c1CCCC. The minimum Gasteiger partial charge on any atom is -0.299 e. The van der Waals surface area contributed by atoms with Gasteiger partial charge in [0.2, 0.25) is 0 Å². The highest BCUT2D eigenvalue weighted by molar-refractivity contribution is 5.18. The zero-order valence-electron chi connectivity index (χ0n) is 12.2. The number of hydrogen-bond donors (Lipinski definition) is 1. The topological polar surface area (TPSA) is 37.8 Å². The number of aromatic nitrogens is 2. The highest BCUT2D eigenvalue weighted by Crippen LogP contribution is 2.10. The average Bonchev–Trinajstić information content (AvgIpc) is 2.68. The van der Waals surface area contributed by atoms with Crippen LogP contribution in [0.15, 0.2) is 4.79 Å². The van der Waals surface area contributed by atoms with Gasteiger partial charge in [0.25, 0.3) is 5.56 Å². The molecule has 0 fully saturated rings. The lowest BCUT2D eigenvalue weighted by Gasteiger charge is -2.00. The normalized spacial score (nSPS) is 11.1. The van der Waals surface area contributed by atoms with Gasteiger partial charge in [0.05, 0.1) is 0 Å². The van der Waals surface area contributed by atoms with E-state index in [1.807, 2.05) is 4.68 Å². The number of rotatable bonds is 9. The summed E-state index contributed by atoms with van der Waals surface area (Å²) in [5.74, 6) is 0. The Balaban J connectivity index is 2.87. The van der Waals surface area contributed by atoms with E-state index in [1.165, 1.54) is 12.1 Å². The summed E-state index contributed by atoms with van der Waals surface area (Å²) in [4.78, 5) is 12.3. The second-order valence-corrected chi connectivity index (χ2v) is 5.09. The smallest absolute Gasteiger partial charge is 0.269 e. The van der Waals surface area contributed by atoms with E-state index in [-0.39, 0.29) is 5.56 Å². The van der Waals surface area contributed by atoms with Gasteiger partial charge >= 0.3 is 0 Å². The van der Waals surface area contributed by atoms with Gasteiger partial charge in [-0.3, -0.25) is 14.6 Å². The first kappa shape index (κ1) is 15.1. The molecule has 0 aliphatic heterocycles. The van der Waals surface area contributed by atoms with Crippen LogP contribution in [0, 0.1) is 0 Å². The van der Waals surface area contributed by atoms with Crippen LogP contribution in [0.25, 0.3) is 0 Å². The summed E-state index contributed by atoms with van der Waals surface area (Å²) in [7, 11) is 0. The van der Waals surface area contributed by atoms with E-state index in [0.29, 0.717) is 0 Å². The van der Waals surface area contributed by atoms with Crippen molar-refractivity contribution in [3.8, 4) is 0 Å². The Bertz CT molecular complexity index is 390. The van der Waals surface area contributed by atoms with Crippen LogP contribution in [0.4, 0.5) is 0 Å². The van der Waals surface area contributed by atoms with Crippen LogP contribution >= 0.6 is 0 Å². The minimum atomic E-state index is 0.225. The third-order valence-corrected chi connectivity index (χ3v) is 3.43. The minimum absolute atomic E-state index is 0.225. The monoisotopic (exact) mass is 252 g/mol. The van der Waals surface area contributed by atoms with Crippen LogP contribution in [0.1, 0.15) is 70.6 Å². The maximum atomic E-state index is 12.3. The van der Waals surface area contributed by atoms with E-state index in [0.717, 1.165) is 57.1 Å². The van der Waals surface area contributed by atoms with Gasteiger partial charge in [-0.2, -0.15) is 0 Å². The van der Waals surface area contributed by atoms with Crippen molar-refractivity contribution in [2.45, 2.75) is 78.7 Å². The molecule has 1 heterocycles. The first-order chi connectivity index (χ1) is 8.74. The zero-order chi connectivity index (χ0) is 13.4. The van der Waals surface area contributed by atoms with E-state index >= 15 is 0 Å². The molecule has 18 heavy (non-hydrogen) atoms. The van der Waals surface area contributed by atoms with Crippen molar-refractivity contribution in [2.24, 2.45) is 0 Å². The highest BCUT2D eigenvalue weighted by atomic mass is 16.1. The molecule has 0 bridgehead atoms. The number of hydrogen-bond acceptors (Lipinski definition) is 1. The van der Waals surface area contributed by atoms with Crippen LogP contribution in [0.5, 0.6) is 0 Å². The Labute approximate surface area is 111 Å². The summed E-state index contributed by atoms with van der Waals surface area (Å²) in [5, 5.41) is 3.33. The molecule has 0 atom stereocenters. The van der Waals surface area contributed by atoms with Crippen LogP contribution in [-0.4, -0.2) is 9.78 Å². The fraction of sp³-hybridized carbons (Fsp3) is 0.800. The molecule has 0 aliphatic carbocycles. The molecule has 3 heteroatoms. The maximum Gasteiger partial charge on any atom is 0.269 e. The fourth-order valence-corrected chi connectivity index (χ4v) is 2.22. The molecule has 0 unspecified atom stereocenters. The van der Waals surface area contributed by atoms with Crippen molar-refractivity contribution in [1.82, 2.24) is 9.78 Å². The van der Waals surface area contributed by atoms with Gasteiger partial charge in [-0.25, -0.2) is 0 Å². The van der Waals surface area contributed by atoms with Crippen molar-refractivity contribution in [1.29, 1.82) is 0 Å². The number of nitrogens with zero attached hydrogens (tertiary/aromatic N) is 1. The lowest BCUT2D eigenvalue weighted by atomic mass is 10.1. The lowest BCUT2D eigenvalue weighted by Crippen LogP contribution is -2.19. The summed E-state index contributed by atoms with van der Waals surface area (Å²) in [6, 6.07) is 0. The van der Waals surface area contributed by atoms with Crippen molar-refractivity contribution in [3.05, 3.63) is 21.6 Å². The van der Waals surface area contributed by atoms with E-state index in [9.17, 15) is 4.79 Å². The Morgan fingerprint density at radius 3 is 2.17 bits per heavy atom. The fourth-order valence-electron chi connectivity index (χ4n) is 2.22. The van der Waals surface area contributed by atoms with Crippen molar-refractivity contribution in [2.75, 3.05) is 0 Å². The molecule has 0 aromatic carbocycles. The first-order valence-electron chi connectivity index (χ1n) is 7.55. The number of unbranched alkanes of at least 4 members (excludes halogenated alkanes) is 3. The largest absolute Gasteiger partial charge is 0.299 e. The quantitative estimate of drug-likeness (QED) is 0.715. The molecule has 0 amide bonds. The molecule has 1 aromatic heterocycles. The summed E-state index contributed by atoms with van der Waals surface area (Å²) < 4.78 is 1.82. The predicted octanol–water partition coefficient (Wildman–Crippen LogP) is 3.66. The van der Waals surface area contributed by atoms with Gasteiger partial charge in [-0.1, -0.05) is 40.0 Å². The number of aryl methyl sites for hydroxylation is 2. The summed E-state index contributed by atoms with van der Waals surface area (Å²) in [6.07, 6.45) is 8.74. The highest BCUT2D eigenvalue weighted by Gasteiger charge is 2.12. The molecule has 104 valence electrons. The van der Waals surface area contributed by atoms with Gasteiger partial charge in [-0.15, -0.1) is 0 Å². The summed E-state index contributed by atoms with van der Waals surface area (Å²) in [5.41, 5.74) is 2.45. The van der Waals surface area contributed by atoms with Gasteiger partial charge in [0.15, 0.2) is 0 Å². The summed E-state index contributed by atoms with van der Waals surface area (Å²) in [6.45, 7) is 7.36. The number of H-pyrrole nitrogens is 1. The average molecular weight is 252 g/mol. The van der Waals surface area contributed by atoms with Crippen molar-refractivity contribution < 1.29 is 0 Å². The molecular weight excluding hydrogens is 224 g/mol. The van der Waals surface area contributed by atoms with E-state index < -0.39 is 0 Å². The zero-order valence-corrected chi connectivity index (χ0v) is 12.2. The molecule has 0 saturated carbocycles. The predicted molar refractivity (Wildman–Crippen MR) is 77.2 cm³/mol. The van der Waals surface area contributed by atoms with Gasteiger partial charge in [0.1, 0.15) is 0 Å². The molecule has 0 saturated heterocycles. The third-order valence-electron chi connectivity index (χ3n) is 3.43. The van der Waals surface area contributed by atoms with Crippen LogP contribution < -0.4 is 5.56 Å². The van der Waals surface area contributed by atoms with E-state index in [2.05, 4.69) is 25.9 Å². The van der Waals surface area contributed by atoms with Crippen LogP contribution in [0.2, 0.25) is 0 Å².